The van der Waals surface area contributed by atoms with Crippen molar-refractivity contribution in [2.24, 2.45) is 0 Å². The lowest BCUT2D eigenvalue weighted by Crippen LogP contribution is -2.53. The van der Waals surface area contributed by atoms with Gasteiger partial charge >= 0.3 is 5.97 Å². The van der Waals surface area contributed by atoms with E-state index in [1.54, 1.807) is 36.0 Å². The molecule has 224 valence electrons. The van der Waals surface area contributed by atoms with Crippen molar-refractivity contribution in [1.29, 1.82) is 0 Å². The predicted molar refractivity (Wildman–Crippen MR) is 168 cm³/mol. The number of ether oxygens (including phenoxy) is 2. The number of nitrogens with zero attached hydrogens (tertiary/aromatic N) is 2. The summed E-state index contributed by atoms with van der Waals surface area (Å²) in [6, 6.07) is 23.0. The zero-order chi connectivity index (χ0) is 30.8. The molecular weight excluding hydrogens is 568 g/mol. The Balaban J connectivity index is 0.000000359. The van der Waals surface area contributed by atoms with Crippen molar-refractivity contribution >= 4 is 34.9 Å². The second-order valence-corrected chi connectivity index (χ2v) is 10.7. The average molecular weight is 603 g/mol. The summed E-state index contributed by atoms with van der Waals surface area (Å²) in [5.41, 5.74) is 1.65. The minimum Gasteiger partial charge on any atom is -0.488 e. The van der Waals surface area contributed by atoms with Crippen LogP contribution >= 0.6 is 11.8 Å². The molecule has 2 heterocycles. The Morgan fingerprint density at radius 3 is 2.51 bits per heavy atom. The molecule has 3 aromatic carbocycles. The Morgan fingerprint density at radius 1 is 1.09 bits per heavy atom. The van der Waals surface area contributed by atoms with Gasteiger partial charge in [0.05, 0.1) is 21.8 Å². The highest BCUT2D eigenvalue weighted by Crippen LogP contribution is 2.33. The Bertz CT molecular complexity index is 1630. The van der Waals surface area contributed by atoms with E-state index >= 15 is 0 Å². The van der Waals surface area contributed by atoms with Crippen molar-refractivity contribution in [3.05, 3.63) is 100 Å². The highest BCUT2D eigenvalue weighted by atomic mass is 32.2. The van der Waals surface area contributed by atoms with Gasteiger partial charge in [0.15, 0.2) is 6.29 Å². The lowest BCUT2D eigenvalue weighted by atomic mass is 10.1. The second-order valence-electron chi connectivity index (χ2n) is 9.71. The molecule has 0 spiro atoms. The summed E-state index contributed by atoms with van der Waals surface area (Å²) in [5, 5.41) is 15.5. The largest absolute Gasteiger partial charge is 0.488 e. The van der Waals surface area contributed by atoms with Crippen molar-refractivity contribution < 1.29 is 24.2 Å². The van der Waals surface area contributed by atoms with Gasteiger partial charge in [0, 0.05) is 11.6 Å². The van der Waals surface area contributed by atoms with Gasteiger partial charge in [-0.3, -0.25) is 19.3 Å². The van der Waals surface area contributed by atoms with E-state index in [4.69, 9.17) is 9.47 Å². The topological polar surface area (TPSA) is 134 Å². The van der Waals surface area contributed by atoms with E-state index < -0.39 is 12.0 Å². The summed E-state index contributed by atoms with van der Waals surface area (Å²) in [6.45, 7) is 2.25. The first-order valence-corrected chi connectivity index (χ1v) is 14.6. The van der Waals surface area contributed by atoms with Crippen LogP contribution in [-0.2, 0) is 9.59 Å². The van der Waals surface area contributed by atoms with Crippen LogP contribution in [-0.4, -0.2) is 77.0 Å². The molecule has 0 radical (unpaired) electrons. The molecule has 1 aliphatic heterocycles. The molecule has 0 bridgehead atoms. The number of benzene rings is 3. The van der Waals surface area contributed by atoms with Gasteiger partial charge in [0.2, 0.25) is 0 Å². The SMILES string of the molecule is CNC(C)C1SC=C(COc2ccccc2-c2nc3ccccc3c(=O)[nH]2)C(C(=O)O)N1C.O=CCOc1ccccc1. The summed E-state index contributed by atoms with van der Waals surface area (Å²) < 4.78 is 11.1. The fourth-order valence-electron chi connectivity index (χ4n) is 4.60. The molecule has 11 heteroatoms. The Labute approximate surface area is 253 Å². The number of aldehydes is 1. The van der Waals surface area contributed by atoms with Crippen molar-refractivity contribution in [3.8, 4) is 22.9 Å². The number of nitrogens with one attached hydrogen (secondary N) is 2. The Morgan fingerprint density at radius 2 is 1.79 bits per heavy atom. The van der Waals surface area contributed by atoms with Crippen LogP contribution in [0.2, 0.25) is 0 Å². The van der Waals surface area contributed by atoms with Gasteiger partial charge in [0.1, 0.15) is 36.6 Å². The number of carboxylic acid groups (broad SMARTS) is 1. The highest BCUT2D eigenvalue weighted by molar-refractivity contribution is 8.02. The summed E-state index contributed by atoms with van der Waals surface area (Å²) in [4.78, 5) is 43.7. The summed E-state index contributed by atoms with van der Waals surface area (Å²) >= 11 is 1.57. The van der Waals surface area contributed by atoms with E-state index in [1.165, 1.54) is 0 Å². The smallest absolute Gasteiger partial charge is 0.325 e. The minimum atomic E-state index is -0.922. The second kappa shape index (κ2) is 15.1. The number of hydrogen-bond donors (Lipinski definition) is 3. The maximum absolute atomic E-state index is 12.5. The molecule has 4 aromatic rings. The minimum absolute atomic E-state index is 0.0148. The molecule has 3 unspecified atom stereocenters. The van der Waals surface area contributed by atoms with E-state index in [2.05, 4.69) is 15.3 Å². The van der Waals surface area contributed by atoms with Gasteiger partial charge in [0.25, 0.3) is 5.56 Å². The third-order valence-electron chi connectivity index (χ3n) is 6.85. The average Bonchev–Trinajstić information content (AvgIpc) is 3.03. The maximum Gasteiger partial charge on any atom is 0.325 e. The zero-order valence-corrected chi connectivity index (χ0v) is 24.9. The molecule has 0 saturated carbocycles. The van der Waals surface area contributed by atoms with Crippen LogP contribution < -0.4 is 20.3 Å². The van der Waals surface area contributed by atoms with Crippen molar-refractivity contribution in [3.63, 3.8) is 0 Å². The number of hydrogen-bond acceptors (Lipinski definition) is 9. The number of carboxylic acids is 1. The van der Waals surface area contributed by atoms with Crippen LogP contribution in [0.4, 0.5) is 0 Å². The monoisotopic (exact) mass is 602 g/mol. The molecule has 0 aliphatic carbocycles. The van der Waals surface area contributed by atoms with Crippen LogP contribution in [0, 0.1) is 0 Å². The standard InChI is InChI=1S/C24H26N4O4S.C8H8O2/c1-14(25-2)23-28(3)20(24(30)31)15(13-33-23)12-32-19-11-7-5-9-17(19)21-26-18-10-6-4-8-16(18)22(29)27-21;9-6-7-10-8-4-2-1-3-5-8/h4-11,13-14,20,23,25H,12H2,1-3H3,(H,30,31)(H,26,27,29);1-6H,7H2. The van der Waals surface area contributed by atoms with Crippen LogP contribution in [0.5, 0.6) is 11.5 Å². The molecule has 43 heavy (non-hydrogen) atoms. The Hall–Kier alpha value is -4.45. The molecule has 0 saturated heterocycles. The van der Waals surface area contributed by atoms with E-state index in [0.29, 0.717) is 33.6 Å². The predicted octanol–water partition coefficient (Wildman–Crippen LogP) is 4.18. The van der Waals surface area contributed by atoms with Crippen LogP contribution in [0.25, 0.3) is 22.3 Å². The molecule has 0 amide bonds. The zero-order valence-electron chi connectivity index (χ0n) is 24.1. The van der Waals surface area contributed by atoms with E-state index in [1.807, 2.05) is 85.9 Å². The van der Waals surface area contributed by atoms with Gasteiger partial charge in [-0.15, -0.1) is 11.8 Å². The number of carbonyl (C=O) groups is 2. The van der Waals surface area contributed by atoms with Crippen LogP contribution in [0.1, 0.15) is 6.92 Å². The van der Waals surface area contributed by atoms with Crippen LogP contribution in [0.15, 0.2) is 94.6 Å². The van der Waals surface area contributed by atoms with Gasteiger partial charge in [-0.05, 0) is 62.8 Å². The maximum atomic E-state index is 12.5. The number of carbonyl (C=O) groups excluding carboxylic acids is 1. The molecule has 1 aromatic heterocycles. The van der Waals surface area contributed by atoms with E-state index in [9.17, 15) is 19.5 Å². The first-order chi connectivity index (χ1) is 20.8. The summed E-state index contributed by atoms with van der Waals surface area (Å²) in [7, 11) is 3.67. The van der Waals surface area contributed by atoms with Crippen LogP contribution in [0.3, 0.4) is 0 Å². The molecular formula is C32H34N4O6S. The number of thioether (sulfide) groups is 1. The van der Waals surface area contributed by atoms with Gasteiger partial charge in [-0.1, -0.05) is 42.5 Å². The lowest BCUT2D eigenvalue weighted by molar-refractivity contribution is -0.141. The third-order valence-corrected chi connectivity index (χ3v) is 8.30. The number of rotatable bonds is 10. The molecule has 3 N–H and O–H groups in total. The number of fused-ring (bicyclic) bond motifs is 1. The van der Waals surface area contributed by atoms with Crippen molar-refractivity contribution in [2.45, 2.75) is 24.4 Å². The summed E-state index contributed by atoms with van der Waals surface area (Å²) in [6.07, 6.45) is 0.729. The fraction of sp³-hybridized carbons (Fsp3) is 0.250. The number of H-pyrrole nitrogens is 1. The fourth-order valence-corrected chi connectivity index (χ4v) is 5.79. The number of likely N-dealkylation sites (N-methyl/N-ethyl adjacent to an activating group) is 2. The molecule has 0 fully saturated rings. The third kappa shape index (κ3) is 7.89. The summed E-state index contributed by atoms with van der Waals surface area (Å²) in [5.74, 6) is 0.722. The number of aliphatic carboxylic acids is 1. The molecule has 3 atom stereocenters. The molecule has 10 nitrogen and oxygen atoms in total. The highest BCUT2D eigenvalue weighted by Gasteiger charge is 2.37. The van der Waals surface area contributed by atoms with Gasteiger partial charge in [-0.2, -0.15) is 0 Å². The van der Waals surface area contributed by atoms with Crippen molar-refractivity contribution in [2.75, 3.05) is 27.3 Å². The van der Waals surface area contributed by atoms with Gasteiger partial charge in [-0.25, -0.2) is 4.98 Å². The van der Waals surface area contributed by atoms with Crippen molar-refractivity contribution in [1.82, 2.24) is 20.2 Å². The normalized spacial score (nSPS) is 17.2. The Kier molecular flexibility index (Phi) is 11.1. The lowest BCUT2D eigenvalue weighted by Gasteiger charge is -2.39. The van der Waals surface area contributed by atoms with E-state index in [0.717, 1.165) is 12.0 Å². The quantitative estimate of drug-likeness (QED) is 0.227. The number of aromatic amines is 1. The number of para-hydroxylation sites is 3. The number of aromatic nitrogens is 2. The van der Waals surface area contributed by atoms with Gasteiger partial charge < -0.3 is 24.9 Å². The van der Waals surface area contributed by atoms with E-state index in [-0.39, 0.29) is 30.2 Å². The molecule has 1 aliphatic rings. The first kappa shape index (κ1) is 31.5. The molecule has 5 rings (SSSR count). The first-order valence-electron chi connectivity index (χ1n) is 13.6.